The molecule has 0 aliphatic carbocycles. The summed E-state index contributed by atoms with van der Waals surface area (Å²) < 4.78 is 5.31. The molecule has 0 fully saturated rings. The molecule has 0 saturated heterocycles. The Kier molecular flexibility index (Phi) is 2.36. The number of ether oxygens (including phenoxy) is 1. The van der Waals surface area contributed by atoms with E-state index >= 15 is 0 Å². The normalized spacial score (nSPS) is 11.0. The molecule has 21 heavy (non-hydrogen) atoms. The van der Waals surface area contributed by atoms with Crippen LogP contribution in [0.2, 0.25) is 0 Å². The molecule has 1 N–H and O–H groups in total. The van der Waals surface area contributed by atoms with Crippen LogP contribution in [0.4, 0.5) is 0 Å². The van der Waals surface area contributed by atoms with E-state index in [0.29, 0.717) is 5.56 Å². The van der Waals surface area contributed by atoms with Crippen molar-refractivity contribution in [3.63, 3.8) is 0 Å². The van der Waals surface area contributed by atoms with E-state index in [1.54, 1.807) is 13.3 Å². The van der Waals surface area contributed by atoms with Gasteiger partial charge in [0, 0.05) is 34.1 Å². The molecule has 0 aliphatic heterocycles. The van der Waals surface area contributed by atoms with Crippen molar-refractivity contribution in [2.75, 3.05) is 7.11 Å². The zero-order valence-electron chi connectivity index (χ0n) is 11.3. The van der Waals surface area contributed by atoms with Gasteiger partial charge in [-0.3, -0.25) is 4.98 Å². The fourth-order valence-electron chi connectivity index (χ4n) is 2.84. The number of methoxy groups -OCH3 is 1. The molecule has 4 heteroatoms. The van der Waals surface area contributed by atoms with E-state index in [-0.39, 0.29) is 0 Å². The molecule has 2 heterocycles. The lowest BCUT2D eigenvalue weighted by molar-refractivity contribution is 0.415. The summed E-state index contributed by atoms with van der Waals surface area (Å²) in [6.07, 6.45) is 3.58. The number of H-pyrrole nitrogens is 1. The zero-order valence-corrected chi connectivity index (χ0v) is 11.3. The van der Waals surface area contributed by atoms with Gasteiger partial charge in [-0.2, -0.15) is 5.26 Å². The third kappa shape index (κ3) is 1.58. The molecule has 2 aromatic carbocycles. The molecular weight excluding hydrogens is 262 g/mol. The number of benzene rings is 2. The molecule has 0 amide bonds. The van der Waals surface area contributed by atoms with Crippen LogP contribution in [0.1, 0.15) is 5.56 Å². The quantitative estimate of drug-likeness (QED) is 0.574. The summed E-state index contributed by atoms with van der Waals surface area (Å²) >= 11 is 0. The van der Waals surface area contributed by atoms with Crippen molar-refractivity contribution in [2.24, 2.45) is 0 Å². The fourth-order valence-corrected chi connectivity index (χ4v) is 2.84. The summed E-state index contributed by atoms with van der Waals surface area (Å²) in [5.41, 5.74) is 2.47. The molecule has 0 atom stereocenters. The standard InChI is InChI=1S/C17H11N3O/c1-21-12-2-3-15-13(7-12)16-14-9-19-5-4-10(14)6-11(8-18)17(16)20-15/h2-7,9,20H,1H3. The number of aromatic amines is 1. The third-order valence-corrected chi connectivity index (χ3v) is 3.82. The number of fused-ring (bicyclic) bond motifs is 5. The third-order valence-electron chi connectivity index (χ3n) is 3.82. The Labute approximate surface area is 120 Å². The number of rotatable bonds is 1. The molecule has 100 valence electrons. The van der Waals surface area contributed by atoms with Crippen LogP contribution < -0.4 is 4.74 Å². The molecule has 4 aromatic rings. The van der Waals surface area contributed by atoms with E-state index in [2.05, 4.69) is 16.0 Å². The van der Waals surface area contributed by atoms with E-state index in [1.807, 2.05) is 36.5 Å². The lowest BCUT2D eigenvalue weighted by Crippen LogP contribution is -1.83. The van der Waals surface area contributed by atoms with Crippen LogP contribution >= 0.6 is 0 Å². The van der Waals surface area contributed by atoms with Gasteiger partial charge in [0.1, 0.15) is 11.8 Å². The number of hydrogen-bond donors (Lipinski definition) is 1. The topological polar surface area (TPSA) is 61.7 Å². The van der Waals surface area contributed by atoms with Gasteiger partial charge in [-0.1, -0.05) is 0 Å². The van der Waals surface area contributed by atoms with Gasteiger partial charge in [0.05, 0.1) is 18.2 Å². The number of nitrogens with one attached hydrogen (secondary N) is 1. The van der Waals surface area contributed by atoms with Crippen molar-refractivity contribution in [1.29, 1.82) is 5.26 Å². The molecule has 4 rings (SSSR count). The van der Waals surface area contributed by atoms with E-state index in [9.17, 15) is 5.26 Å². The number of hydrogen-bond acceptors (Lipinski definition) is 3. The first-order valence-electron chi connectivity index (χ1n) is 6.58. The molecule has 4 nitrogen and oxygen atoms in total. The van der Waals surface area contributed by atoms with Crippen LogP contribution in [0.3, 0.4) is 0 Å². The van der Waals surface area contributed by atoms with Crippen LogP contribution in [-0.2, 0) is 0 Å². The highest BCUT2D eigenvalue weighted by atomic mass is 16.5. The Bertz CT molecular complexity index is 1040. The van der Waals surface area contributed by atoms with E-state index < -0.39 is 0 Å². The summed E-state index contributed by atoms with van der Waals surface area (Å²) in [7, 11) is 1.65. The van der Waals surface area contributed by atoms with Gasteiger partial charge in [-0.15, -0.1) is 0 Å². The molecule has 0 unspecified atom stereocenters. The van der Waals surface area contributed by atoms with Crippen molar-refractivity contribution >= 4 is 32.6 Å². The minimum Gasteiger partial charge on any atom is -0.497 e. The molecule has 0 bridgehead atoms. The summed E-state index contributed by atoms with van der Waals surface area (Å²) in [6.45, 7) is 0. The molecule has 0 spiro atoms. The second-order valence-corrected chi connectivity index (χ2v) is 4.92. The molecule has 0 radical (unpaired) electrons. The highest BCUT2D eigenvalue weighted by molar-refractivity contribution is 6.21. The van der Waals surface area contributed by atoms with Gasteiger partial charge in [-0.05, 0) is 35.7 Å². The van der Waals surface area contributed by atoms with Crippen LogP contribution in [0.15, 0.2) is 42.7 Å². The first-order chi connectivity index (χ1) is 10.3. The van der Waals surface area contributed by atoms with E-state index in [4.69, 9.17) is 4.74 Å². The van der Waals surface area contributed by atoms with Crippen LogP contribution in [0.25, 0.3) is 32.6 Å². The zero-order chi connectivity index (χ0) is 14.4. The SMILES string of the molecule is COc1ccc2[nH]c3c(C#N)cc4ccncc4c3c2c1. The lowest BCUT2D eigenvalue weighted by Gasteiger charge is -2.02. The Balaban J connectivity index is 2.31. The largest absolute Gasteiger partial charge is 0.497 e. The van der Waals surface area contributed by atoms with Crippen molar-refractivity contribution in [2.45, 2.75) is 0 Å². The Morgan fingerprint density at radius 2 is 2.10 bits per heavy atom. The number of pyridine rings is 1. The van der Waals surface area contributed by atoms with Crippen molar-refractivity contribution in [3.8, 4) is 11.8 Å². The monoisotopic (exact) mass is 273 g/mol. The Morgan fingerprint density at radius 3 is 2.90 bits per heavy atom. The maximum absolute atomic E-state index is 9.41. The van der Waals surface area contributed by atoms with Gasteiger partial charge in [0.2, 0.25) is 0 Å². The Hall–Kier alpha value is -3.06. The smallest absolute Gasteiger partial charge is 0.119 e. The summed E-state index contributed by atoms with van der Waals surface area (Å²) in [5.74, 6) is 0.794. The van der Waals surface area contributed by atoms with E-state index in [0.717, 1.165) is 38.3 Å². The summed E-state index contributed by atoms with van der Waals surface area (Å²) in [5, 5.41) is 13.5. The molecule has 2 aromatic heterocycles. The predicted octanol–water partition coefficient (Wildman–Crippen LogP) is 3.75. The second kappa shape index (κ2) is 4.22. The molecule has 0 aliphatic rings. The minimum absolute atomic E-state index is 0.638. The average molecular weight is 273 g/mol. The van der Waals surface area contributed by atoms with Gasteiger partial charge in [0.15, 0.2) is 0 Å². The summed E-state index contributed by atoms with van der Waals surface area (Å²) in [4.78, 5) is 7.55. The highest BCUT2D eigenvalue weighted by Crippen LogP contribution is 2.35. The van der Waals surface area contributed by atoms with Gasteiger partial charge in [0.25, 0.3) is 0 Å². The maximum Gasteiger partial charge on any atom is 0.119 e. The van der Waals surface area contributed by atoms with Gasteiger partial charge in [-0.25, -0.2) is 0 Å². The van der Waals surface area contributed by atoms with Crippen molar-refractivity contribution in [1.82, 2.24) is 9.97 Å². The first kappa shape index (κ1) is 11.7. The average Bonchev–Trinajstić information content (AvgIpc) is 2.92. The van der Waals surface area contributed by atoms with Gasteiger partial charge < -0.3 is 9.72 Å². The van der Waals surface area contributed by atoms with Crippen LogP contribution in [0, 0.1) is 11.3 Å². The first-order valence-corrected chi connectivity index (χ1v) is 6.58. The number of nitriles is 1. The number of nitrogens with zero attached hydrogens (tertiary/aromatic N) is 2. The van der Waals surface area contributed by atoms with Crippen molar-refractivity contribution < 1.29 is 4.74 Å². The minimum atomic E-state index is 0.638. The summed E-state index contributed by atoms with van der Waals surface area (Å²) in [6, 6.07) is 12.0. The molecule has 0 saturated carbocycles. The number of aromatic nitrogens is 2. The van der Waals surface area contributed by atoms with Crippen molar-refractivity contribution in [3.05, 3.63) is 48.3 Å². The van der Waals surface area contributed by atoms with Crippen LogP contribution in [0.5, 0.6) is 5.75 Å². The second-order valence-electron chi connectivity index (χ2n) is 4.92. The highest BCUT2D eigenvalue weighted by Gasteiger charge is 2.13. The van der Waals surface area contributed by atoms with Crippen LogP contribution in [-0.4, -0.2) is 17.1 Å². The van der Waals surface area contributed by atoms with Gasteiger partial charge >= 0.3 is 0 Å². The maximum atomic E-state index is 9.41. The lowest BCUT2D eigenvalue weighted by atomic mass is 10.0. The van der Waals surface area contributed by atoms with E-state index in [1.165, 1.54) is 0 Å². The molecular formula is C17H11N3O. The fraction of sp³-hybridized carbons (Fsp3) is 0.0588. The Morgan fingerprint density at radius 1 is 1.19 bits per heavy atom. The predicted molar refractivity (Wildman–Crippen MR) is 82.4 cm³/mol.